The molecule has 0 aliphatic rings. The monoisotopic (exact) mass is 442 g/mol. The molecule has 0 bridgehead atoms. The highest BCUT2D eigenvalue weighted by molar-refractivity contribution is 7.09. The highest BCUT2D eigenvalue weighted by Crippen LogP contribution is 2.16. The van der Waals surface area contributed by atoms with Crippen molar-refractivity contribution >= 4 is 17.3 Å². The van der Waals surface area contributed by atoms with Gasteiger partial charge in [-0.1, -0.05) is 13.0 Å². The minimum atomic E-state index is 0.550. The van der Waals surface area contributed by atoms with Crippen LogP contribution in [0.5, 0.6) is 11.5 Å². The molecule has 1 aromatic carbocycles. The van der Waals surface area contributed by atoms with Gasteiger partial charge in [-0.2, -0.15) is 0 Å². The summed E-state index contributed by atoms with van der Waals surface area (Å²) in [5, 5.41) is 13.7. The molecule has 0 unspecified atom stereocenters. The van der Waals surface area contributed by atoms with Crippen LogP contribution in [-0.2, 0) is 19.5 Å². The topological polar surface area (TPSA) is 76.8 Å². The summed E-state index contributed by atoms with van der Waals surface area (Å²) in [6, 6.07) is 11.8. The summed E-state index contributed by atoms with van der Waals surface area (Å²) in [4.78, 5) is 8.12. The minimum absolute atomic E-state index is 0.550. The summed E-state index contributed by atoms with van der Waals surface area (Å²) in [5.41, 5.74) is 0. The summed E-state index contributed by atoms with van der Waals surface area (Å²) < 4.78 is 13.1. The molecule has 0 aliphatic carbocycles. The number of benzene rings is 1. The molecule has 3 aromatic rings. The van der Waals surface area contributed by atoms with E-state index in [4.69, 9.17) is 14.5 Å². The van der Waals surface area contributed by atoms with Gasteiger partial charge in [0.05, 0.1) is 20.2 Å². The molecule has 0 aliphatic heterocycles. The van der Waals surface area contributed by atoms with Gasteiger partial charge in [-0.15, -0.1) is 21.5 Å². The molecule has 3 rings (SSSR count). The maximum Gasteiger partial charge on any atom is 0.194 e. The third-order valence-electron chi connectivity index (χ3n) is 4.73. The van der Waals surface area contributed by atoms with Gasteiger partial charge in [0.15, 0.2) is 5.96 Å². The lowest BCUT2D eigenvalue weighted by Crippen LogP contribution is -2.42. The average molecular weight is 443 g/mol. The lowest BCUT2D eigenvalue weighted by Gasteiger charge is -2.23. The maximum atomic E-state index is 5.87. The summed E-state index contributed by atoms with van der Waals surface area (Å²) in [5.74, 6) is 3.47. The van der Waals surface area contributed by atoms with Crippen LogP contribution in [0.4, 0.5) is 0 Å². The first-order valence-corrected chi connectivity index (χ1v) is 11.2. The van der Waals surface area contributed by atoms with Crippen LogP contribution in [0.3, 0.4) is 0 Å². The van der Waals surface area contributed by atoms with Crippen molar-refractivity contribution in [3.05, 3.63) is 58.8 Å². The number of thiophene rings is 1. The van der Waals surface area contributed by atoms with Crippen LogP contribution in [0.2, 0.25) is 0 Å². The Hall–Kier alpha value is -3.07. The Labute approximate surface area is 187 Å². The van der Waals surface area contributed by atoms with Crippen LogP contribution in [0.1, 0.15) is 17.6 Å². The van der Waals surface area contributed by atoms with Crippen molar-refractivity contribution in [2.24, 2.45) is 4.99 Å². The third-order valence-corrected chi connectivity index (χ3v) is 5.59. The van der Waals surface area contributed by atoms with E-state index < -0.39 is 0 Å². The predicted octanol–water partition coefficient (Wildman–Crippen LogP) is 3.07. The van der Waals surface area contributed by atoms with Crippen molar-refractivity contribution in [3.8, 4) is 11.5 Å². The lowest BCUT2D eigenvalue weighted by molar-refractivity contribution is 0.280. The fourth-order valence-corrected chi connectivity index (χ4v) is 3.60. The van der Waals surface area contributed by atoms with Gasteiger partial charge < -0.3 is 24.3 Å². The van der Waals surface area contributed by atoms with E-state index in [0.717, 1.165) is 42.8 Å². The Morgan fingerprint density at radius 1 is 1.23 bits per heavy atom. The van der Waals surface area contributed by atoms with E-state index in [1.165, 1.54) is 4.88 Å². The van der Waals surface area contributed by atoms with Crippen LogP contribution in [-0.4, -0.2) is 59.5 Å². The van der Waals surface area contributed by atoms with Crippen molar-refractivity contribution in [1.82, 2.24) is 25.0 Å². The number of likely N-dealkylation sites (N-methyl/N-ethyl adjacent to an activating group) is 1. The molecular weight excluding hydrogens is 412 g/mol. The highest BCUT2D eigenvalue weighted by atomic mass is 32.1. The fraction of sp³-hybridized carbons (Fsp3) is 0.409. The second kappa shape index (κ2) is 11.9. The number of methoxy groups -OCH3 is 1. The molecular formula is C22H30N6O2S. The number of aromatic nitrogens is 3. The smallest absolute Gasteiger partial charge is 0.194 e. The first kappa shape index (κ1) is 22.6. The molecule has 0 radical (unpaired) electrons. The molecule has 0 fully saturated rings. The van der Waals surface area contributed by atoms with Gasteiger partial charge in [0.2, 0.25) is 0 Å². The number of hydrogen-bond donors (Lipinski definition) is 1. The van der Waals surface area contributed by atoms with E-state index in [1.54, 1.807) is 24.8 Å². The van der Waals surface area contributed by atoms with Crippen LogP contribution in [0, 0.1) is 0 Å². The van der Waals surface area contributed by atoms with Crippen LogP contribution < -0.4 is 14.8 Å². The van der Waals surface area contributed by atoms with E-state index in [1.807, 2.05) is 37.4 Å². The molecule has 0 spiro atoms. The first-order chi connectivity index (χ1) is 15.2. The number of guanidine groups is 1. The van der Waals surface area contributed by atoms with Gasteiger partial charge in [0, 0.05) is 31.4 Å². The molecule has 166 valence electrons. The normalized spacial score (nSPS) is 11.4. The molecule has 2 heterocycles. The zero-order valence-electron chi connectivity index (χ0n) is 18.3. The van der Waals surface area contributed by atoms with Crippen LogP contribution in [0.25, 0.3) is 0 Å². The summed E-state index contributed by atoms with van der Waals surface area (Å²) in [6.07, 6.45) is 2.64. The van der Waals surface area contributed by atoms with E-state index >= 15 is 0 Å². The molecule has 0 atom stereocenters. The number of aryl methyl sites for hydroxylation is 1. The Bertz CT molecular complexity index is 924. The first-order valence-electron chi connectivity index (χ1n) is 10.3. The van der Waals surface area contributed by atoms with Gasteiger partial charge in [-0.05, 0) is 35.7 Å². The van der Waals surface area contributed by atoms with Gasteiger partial charge in [-0.3, -0.25) is 0 Å². The Morgan fingerprint density at radius 2 is 2.03 bits per heavy atom. The standard InChI is InChI=1S/C22H30N6O2S/c1-4-21-26-25-17-28(21)12-11-23-22(24-16-20-6-5-15-31-20)27(2)13-14-30-19-9-7-18(29-3)8-10-19/h5-10,15,17H,4,11-14,16H2,1-3H3,(H,23,24). The van der Waals surface area contributed by atoms with Crippen LogP contribution >= 0.6 is 11.3 Å². The highest BCUT2D eigenvalue weighted by Gasteiger charge is 2.08. The number of nitrogens with zero attached hydrogens (tertiary/aromatic N) is 5. The van der Waals surface area contributed by atoms with Crippen LogP contribution in [0.15, 0.2) is 53.1 Å². The van der Waals surface area contributed by atoms with E-state index in [0.29, 0.717) is 19.7 Å². The molecule has 8 nitrogen and oxygen atoms in total. The maximum absolute atomic E-state index is 5.87. The SMILES string of the molecule is CCc1nncn1CCNC(=NCc1cccs1)N(C)CCOc1ccc(OC)cc1. The van der Waals surface area contributed by atoms with Gasteiger partial charge in [0.25, 0.3) is 0 Å². The number of hydrogen-bond acceptors (Lipinski definition) is 6. The van der Waals surface area contributed by atoms with Crippen molar-refractivity contribution in [3.63, 3.8) is 0 Å². The van der Waals surface area contributed by atoms with Crippen molar-refractivity contribution in [2.45, 2.75) is 26.4 Å². The third kappa shape index (κ3) is 6.99. The molecule has 2 aromatic heterocycles. The lowest BCUT2D eigenvalue weighted by atomic mass is 10.3. The van der Waals surface area contributed by atoms with E-state index in [2.05, 4.69) is 43.4 Å². The predicted molar refractivity (Wildman–Crippen MR) is 124 cm³/mol. The molecule has 9 heteroatoms. The average Bonchev–Trinajstić information content (AvgIpc) is 3.48. The second-order valence-corrected chi connectivity index (χ2v) is 7.92. The number of rotatable bonds is 11. The fourth-order valence-electron chi connectivity index (χ4n) is 2.97. The Kier molecular flexibility index (Phi) is 8.71. The van der Waals surface area contributed by atoms with E-state index in [9.17, 15) is 0 Å². The molecule has 0 saturated carbocycles. The van der Waals surface area contributed by atoms with Crippen molar-refractivity contribution in [2.75, 3.05) is 33.9 Å². The van der Waals surface area contributed by atoms with Gasteiger partial charge in [-0.25, -0.2) is 4.99 Å². The van der Waals surface area contributed by atoms with E-state index in [-0.39, 0.29) is 0 Å². The number of nitrogens with one attached hydrogen (secondary N) is 1. The van der Waals surface area contributed by atoms with Crippen molar-refractivity contribution < 1.29 is 9.47 Å². The summed E-state index contributed by atoms with van der Waals surface area (Å²) >= 11 is 1.71. The van der Waals surface area contributed by atoms with Gasteiger partial charge in [0.1, 0.15) is 30.3 Å². The van der Waals surface area contributed by atoms with Gasteiger partial charge >= 0.3 is 0 Å². The zero-order chi connectivity index (χ0) is 21.9. The summed E-state index contributed by atoms with van der Waals surface area (Å²) in [6.45, 7) is 5.50. The zero-order valence-corrected chi connectivity index (χ0v) is 19.1. The molecule has 0 saturated heterocycles. The second-order valence-electron chi connectivity index (χ2n) is 6.89. The summed E-state index contributed by atoms with van der Waals surface area (Å²) in [7, 11) is 3.68. The largest absolute Gasteiger partial charge is 0.497 e. The number of aliphatic imine (C=N–C) groups is 1. The molecule has 1 N–H and O–H groups in total. The Balaban J connectivity index is 1.54. The van der Waals surface area contributed by atoms with Crippen molar-refractivity contribution in [1.29, 1.82) is 0 Å². The minimum Gasteiger partial charge on any atom is -0.497 e. The molecule has 0 amide bonds. The molecule has 31 heavy (non-hydrogen) atoms. The number of ether oxygens (including phenoxy) is 2. The Morgan fingerprint density at radius 3 is 2.74 bits per heavy atom. The quantitative estimate of drug-likeness (QED) is 0.363.